The molecule has 2 rings (SSSR count). The van der Waals surface area contributed by atoms with Crippen LogP contribution in [0.5, 0.6) is 0 Å². The van der Waals surface area contributed by atoms with Crippen LogP contribution in [-0.2, 0) is 7.05 Å². The summed E-state index contributed by atoms with van der Waals surface area (Å²) in [5.41, 5.74) is 1.80. The molecule has 0 aromatic carbocycles. The number of aryl methyl sites for hydroxylation is 1. The molecule has 0 spiro atoms. The monoisotopic (exact) mass is 288 g/mol. The summed E-state index contributed by atoms with van der Waals surface area (Å²) >= 11 is 4.55. The molecule has 0 radical (unpaired) electrons. The lowest BCUT2D eigenvalue weighted by Gasteiger charge is -2.13. The van der Waals surface area contributed by atoms with E-state index in [1.165, 1.54) is 11.7 Å². The smallest absolute Gasteiger partial charge is 0.153 e. The molecule has 0 saturated heterocycles. The van der Waals surface area contributed by atoms with Crippen LogP contribution in [0.2, 0.25) is 0 Å². The highest BCUT2D eigenvalue weighted by Crippen LogP contribution is 2.24. The summed E-state index contributed by atoms with van der Waals surface area (Å²) < 4.78 is 10.6. The van der Waals surface area contributed by atoms with Gasteiger partial charge >= 0.3 is 0 Å². The molecule has 0 amide bonds. The first-order chi connectivity index (χ1) is 7.24. The zero-order valence-electron chi connectivity index (χ0n) is 8.18. The van der Waals surface area contributed by atoms with Gasteiger partial charge in [0.2, 0.25) is 0 Å². The van der Waals surface area contributed by atoms with Crippen LogP contribution in [0.4, 0.5) is 0 Å². The molecule has 6 nitrogen and oxygen atoms in total. The summed E-state index contributed by atoms with van der Waals surface area (Å²) in [6.45, 7) is 0. The van der Waals surface area contributed by atoms with Gasteiger partial charge in [-0.1, -0.05) is 5.21 Å². The molecule has 8 heteroatoms. The number of hydrogen-bond acceptors (Lipinski definition) is 6. The van der Waals surface area contributed by atoms with Crippen LogP contribution >= 0.6 is 27.7 Å². The van der Waals surface area contributed by atoms with Gasteiger partial charge in [0.05, 0.1) is 35.4 Å². The molecule has 1 N–H and O–H groups in total. The quantitative estimate of drug-likeness (QED) is 0.902. The first-order valence-corrected chi connectivity index (χ1v) is 5.76. The Hall–Kier alpha value is -0.860. The average Bonchev–Trinajstić information content (AvgIpc) is 2.83. The molecule has 0 aliphatic rings. The Morgan fingerprint density at radius 1 is 1.60 bits per heavy atom. The van der Waals surface area contributed by atoms with Crippen molar-refractivity contribution in [1.29, 1.82) is 0 Å². The maximum atomic E-state index is 4.20. The second-order valence-electron chi connectivity index (χ2n) is 2.94. The SMILES string of the molecule is CNC(c1cnsn1)c1c(Br)nnn1C. The molecule has 1 atom stereocenters. The van der Waals surface area contributed by atoms with Gasteiger partial charge in [-0.3, -0.25) is 0 Å². The number of nitrogens with one attached hydrogen (secondary N) is 1. The molecular weight excluding hydrogens is 280 g/mol. The number of halogens is 1. The van der Waals surface area contributed by atoms with Crippen LogP contribution in [0, 0.1) is 0 Å². The third kappa shape index (κ3) is 1.92. The third-order valence-corrected chi connectivity index (χ3v) is 3.12. The molecule has 0 saturated carbocycles. The molecule has 0 fully saturated rings. The Kier molecular flexibility index (Phi) is 3.08. The Labute approximate surface area is 99.2 Å². The lowest BCUT2D eigenvalue weighted by atomic mass is 10.1. The van der Waals surface area contributed by atoms with Crippen LogP contribution < -0.4 is 5.32 Å². The van der Waals surface area contributed by atoms with E-state index >= 15 is 0 Å². The van der Waals surface area contributed by atoms with Crippen molar-refractivity contribution in [3.8, 4) is 0 Å². The van der Waals surface area contributed by atoms with E-state index in [-0.39, 0.29) is 6.04 Å². The third-order valence-electron chi connectivity index (χ3n) is 2.06. The normalized spacial score (nSPS) is 13.0. The van der Waals surface area contributed by atoms with Crippen molar-refractivity contribution in [1.82, 2.24) is 29.1 Å². The maximum absolute atomic E-state index is 4.20. The summed E-state index contributed by atoms with van der Waals surface area (Å²) in [4.78, 5) is 0. The van der Waals surface area contributed by atoms with E-state index in [0.29, 0.717) is 0 Å². The van der Waals surface area contributed by atoms with Gasteiger partial charge in [-0.05, 0) is 23.0 Å². The minimum absolute atomic E-state index is 0.0434. The molecule has 2 aromatic heterocycles. The van der Waals surface area contributed by atoms with E-state index in [0.717, 1.165) is 16.0 Å². The molecule has 80 valence electrons. The van der Waals surface area contributed by atoms with E-state index < -0.39 is 0 Å². The topological polar surface area (TPSA) is 68.5 Å². The van der Waals surface area contributed by atoms with Crippen molar-refractivity contribution in [2.75, 3.05) is 7.05 Å². The zero-order chi connectivity index (χ0) is 10.8. The van der Waals surface area contributed by atoms with Gasteiger partial charge < -0.3 is 5.32 Å². The molecule has 0 bridgehead atoms. The van der Waals surface area contributed by atoms with E-state index in [1.807, 2.05) is 14.1 Å². The van der Waals surface area contributed by atoms with Gasteiger partial charge in [0.25, 0.3) is 0 Å². The Morgan fingerprint density at radius 3 is 2.87 bits per heavy atom. The van der Waals surface area contributed by atoms with Crippen LogP contribution in [-0.4, -0.2) is 30.8 Å². The summed E-state index contributed by atoms with van der Waals surface area (Å²) in [7, 11) is 3.71. The number of rotatable bonds is 3. The van der Waals surface area contributed by atoms with E-state index in [1.54, 1.807) is 10.9 Å². The van der Waals surface area contributed by atoms with Crippen molar-refractivity contribution >= 4 is 27.7 Å². The Balaban J connectivity index is 2.44. The van der Waals surface area contributed by atoms with Crippen molar-refractivity contribution in [2.24, 2.45) is 7.05 Å². The second kappa shape index (κ2) is 4.33. The zero-order valence-corrected chi connectivity index (χ0v) is 10.6. The molecular formula is C7H9BrN6S. The fourth-order valence-electron chi connectivity index (χ4n) is 1.37. The van der Waals surface area contributed by atoms with Gasteiger partial charge in [0.1, 0.15) is 0 Å². The summed E-state index contributed by atoms with van der Waals surface area (Å²) in [5.74, 6) is 0. The highest BCUT2D eigenvalue weighted by molar-refractivity contribution is 9.10. The Bertz CT molecular complexity index is 419. The van der Waals surface area contributed by atoms with E-state index in [9.17, 15) is 0 Å². The molecule has 0 aliphatic carbocycles. The first kappa shape index (κ1) is 10.7. The van der Waals surface area contributed by atoms with Crippen molar-refractivity contribution in [3.63, 3.8) is 0 Å². The molecule has 2 aromatic rings. The molecule has 0 aliphatic heterocycles. The van der Waals surface area contributed by atoms with Crippen molar-refractivity contribution in [3.05, 3.63) is 22.2 Å². The fourth-order valence-corrected chi connectivity index (χ4v) is 2.37. The average molecular weight is 289 g/mol. The predicted molar refractivity (Wildman–Crippen MR) is 59.5 cm³/mol. The molecule has 15 heavy (non-hydrogen) atoms. The lowest BCUT2D eigenvalue weighted by molar-refractivity contribution is 0.589. The number of aromatic nitrogens is 5. The van der Waals surface area contributed by atoms with Gasteiger partial charge in [-0.25, -0.2) is 4.68 Å². The highest BCUT2D eigenvalue weighted by Gasteiger charge is 2.22. The standard InChI is InChI=1S/C7H9BrN6S/c1-9-5(4-3-10-15-12-4)6-7(8)11-13-14(6)2/h3,5,9H,1-2H3. The van der Waals surface area contributed by atoms with Gasteiger partial charge in [-0.2, -0.15) is 8.75 Å². The molecule has 1 unspecified atom stereocenters. The summed E-state index contributed by atoms with van der Waals surface area (Å²) in [6, 6.07) is -0.0434. The van der Waals surface area contributed by atoms with Crippen LogP contribution in [0.1, 0.15) is 17.4 Å². The van der Waals surface area contributed by atoms with Gasteiger partial charge in [-0.15, -0.1) is 5.10 Å². The fraction of sp³-hybridized carbons (Fsp3) is 0.429. The largest absolute Gasteiger partial charge is 0.307 e. The Morgan fingerprint density at radius 2 is 2.40 bits per heavy atom. The maximum Gasteiger partial charge on any atom is 0.153 e. The lowest BCUT2D eigenvalue weighted by Crippen LogP contribution is -2.21. The summed E-state index contributed by atoms with van der Waals surface area (Å²) in [6.07, 6.45) is 1.74. The van der Waals surface area contributed by atoms with Crippen LogP contribution in [0.15, 0.2) is 10.8 Å². The molecule has 2 heterocycles. The minimum atomic E-state index is -0.0434. The highest BCUT2D eigenvalue weighted by atomic mass is 79.9. The predicted octanol–water partition coefficient (Wildman–Crippen LogP) is 0.738. The second-order valence-corrected chi connectivity index (χ2v) is 4.25. The van der Waals surface area contributed by atoms with E-state index in [4.69, 9.17) is 0 Å². The number of hydrogen-bond donors (Lipinski definition) is 1. The first-order valence-electron chi connectivity index (χ1n) is 4.24. The number of nitrogens with zero attached hydrogens (tertiary/aromatic N) is 5. The summed E-state index contributed by atoms with van der Waals surface area (Å²) in [5, 5.41) is 11.0. The van der Waals surface area contributed by atoms with Crippen molar-refractivity contribution in [2.45, 2.75) is 6.04 Å². The minimum Gasteiger partial charge on any atom is -0.307 e. The van der Waals surface area contributed by atoms with Gasteiger partial charge in [0.15, 0.2) is 4.60 Å². The van der Waals surface area contributed by atoms with Crippen molar-refractivity contribution < 1.29 is 0 Å². The van der Waals surface area contributed by atoms with Gasteiger partial charge in [0, 0.05) is 7.05 Å². The van der Waals surface area contributed by atoms with Crippen LogP contribution in [0.25, 0.3) is 0 Å². The van der Waals surface area contributed by atoms with E-state index in [2.05, 4.69) is 40.3 Å². The van der Waals surface area contributed by atoms with Crippen LogP contribution in [0.3, 0.4) is 0 Å².